The van der Waals surface area contributed by atoms with E-state index in [4.69, 9.17) is 16.3 Å². The van der Waals surface area contributed by atoms with Crippen LogP contribution < -0.4 is 5.32 Å². The third-order valence-electron chi connectivity index (χ3n) is 2.66. The Morgan fingerprint density at radius 2 is 2.22 bits per heavy atom. The second kappa shape index (κ2) is 6.26. The number of hydrogen-bond donors (Lipinski definition) is 2. The third kappa shape index (κ3) is 4.26. The summed E-state index contributed by atoms with van der Waals surface area (Å²) in [4.78, 5) is 23.6. The first-order valence-corrected chi connectivity index (χ1v) is 5.79. The molecule has 100 valence electrons. The van der Waals surface area contributed by atoms with E-state index in [-0.39, 0.29) is 12.6 Å². The first kappa shape index (κ1) is 14.3. The smallest absolute Gasteiger partial charge is 0.329 e. The van der Waals surface area contributed by atoms with Gasteiger partial charge in [0.15, 0.2) is 0 Å². The number of terminal acetylenes is 1. The van der Waals surface area contributed by atoms with E-state index in [1.54, 1.807) is 11.8 Å². The van der Waals surface area contributed by atoms with Crippen molar-refractivity contribution in [1.82, 2.24) is 10.2 Å². The van der Waals surface area contributed by atoms with E-state index >= 15 is 0 Å². The number of ether oxygens (including phenoxy) is 1. The quantitative estimate of drug-likeness (QED) is 0.527. The lowest BCUT2D eigenvalue weighted by Crippen LogP contribution is -2.65. The lowest BCUT2D eigenvalue weighted by atomic mass is 9.97. The Kier molecular flexibility index (Phi) is 4.98. The van der Waals surface area contributed by atoms with Gasteiger partial charge in [0.25, 0.3) is 0 Å². The summed E-state index contributed by atoms with van der Waals surface area (Å²) < 4.78 is 5.20. The molecule has 0 spiro atoms. The van der Waals surface area contributed by atoms with Crippen LogP contribution in [0.2, 0.25) is 0 Å². The summed E-state index contributed by atoms with van der Waals surface area (Å²) in [5.41, 5.74) is -0.547. The topological polar surface area (TPSA) is 78.9 Å². The largest absolute Gasteiger partial charge is 0.480 e. The van der Waals surface area contributed by atoms with Crippen LogP contribution in [0.15, 0.2) is 0 Å². The highest BCUT2D eigenvalue weighted by Crippen LogP contribution is 2.24. The van der Waals surface area contributed by atoms with Crippen LogP contribution in [-0.4, -0.2) is 53.8 Å². The first-order chi connectivity index (χ1) is 8.47. The van der Waals surface area contributed by atoms with Crippen molar-refractivity contribution in [1.29, 1.82) is 0 Å². The zero-order chi connectivity index (χ0) is 13.6. The minimum absolute atomic E-state index is 0.163. The molecule has 0 aromatic heterocycles. The molecule has 0 radical (unpaired) electrons. The number of unbranched alkanes of at least 4 members (excludes halogenated alkanes) is 1. The van der Waals surface area contributed by atoms with Crippen molar-refractivity contribution >= 4 is 12.0 Å². The zero-order valence-corrected chi connectivity index (χ0v) is 10.4. The Morgan fingerprint density at radius 1 is 1.56 bits per heavy atom. The lowest BCUT2D eigenvalue weighted by Gasteiger charge is -2.46. The molecule has 0 aromatic rings. The normalized spacial score (nSPS) is 16.6. The van der Waals surface area contributed by atoms with Crippen molar-refractivity contribution < 1.29 is 19.4 Å². The number of rotatable bonds is 6. The summed E-state index contributed by atoms with van der Waals surface area (Å²) in [6.07, 6.45) is 6.49. The number of carbonyl (C=O) groups is 2. The van der Waals surface area contributed by atoms with Crippen LogP contribution >= 0.6 is 0 Å². The molecule has 0 aliphatic carbocycles. The monoisotopic (exact) mass is 254 g/mol. The van der Waals surface area contributed by atoms with E-state index in [0.717, 1.165) is 6.42 Å². The molecular weight excluding hydrogens is 236 g/mol. The molecule has 0 atom stereocenters. The van der Waals surface area contributed by atoms with Gasteiger partial charge < -0.3 is 20.1 Å². The predicted octanol–water partition coefficient (Wildman–Crippen LogP) is 0.285. The summed E-state index contributed by atoms with van der Waals surface area (Å²) in [6, 6.07) is -0.163. The van der Waals surface area contributed by atoms with Gasteiger partial charge in [-0.15, -0.1) is 12.3 Å². The highest BCUT2D eigenvalue weighted by Gasteiger charge is 2.42. The summed E-state index contributed by atoms with van der Waals surface area (Å²) in [7, 11) is 0. The van der Waals surface area contributed by atoms with Gasteiger partial charge in [0, 0.05) is 13.0 Å². The second-order valence-corrected chi connectivity index (χ2v) is 4.53. The minimum Gasteiger partial charge on any atom is -0.480 e. The number of carboxylic acids is 1. The number of nitrogens with one attached hydrogen (secondary N) is 1. The molecule has 6 heteroatoms. The molecule has 2 N–H and O–H groups in total. The second-order valence-electron chi connectivity index (χ2n) is 4.53. The molecule has 1 heterocycles. The number of amides is 2. The molecule has 0 aromatic carbocycles. The Bertz CT molecular complexity index is 356. The Balaban J connectivity index is 2.18. The maximum atomic E-state index is 11.6. The van der Waals surface area contributed by atoms with Crippen LogP contribution in [0.1, 0.15) is 19.8 Å². The minimum atomic E-state index is -1.01. The van der Waals surface area contributed by atoms with Crippen LogP contribution in [0.5, 0.6) is 0 Å². The van der Waals surface area contributed by atoms with Crippen molar-refractivity contribution in [3.8, 4) is 12.3 Å². The van der Waals surface area contributed by atoms with Gasteiger partial charge in [-0.1, -0.05) is 0 Å². The van der Waals surface area contributed by atoms with Gasteiger partial charge in [0.05, 0.1) is 13.1 Å². The van der Waals surface area contributed by atoms with Crippen molar-refractivity contribution in [2.45, 2.75) is 25.4 Å². The predicted molar refractivity (Wildman–Crippen MR) is 65.0 cm³/mol. The fourth-order valence-corrected chi connectivity index (χ4v) is 1.73. The van der Waals surface area contributed by atoms with Gasteiger partial charge in [-0.2, -0.15) is 0 Å². The third-order valence-corrected chi connectivity index (χ3v) is 2.66. The Labute approximate surface area is 106 Å². The summed E-state index contributed by atoms with van der Waals surface area (Å²) in [5.74, 6) is 1.49. The fourth-order valence-electron chi connectivity index (χ4n) is 1.73. The Hall–Kier alpha value is -1.74. The van der Waals surface area contributed by atoms with Gasteiger partial charge >= 0.3 is 12.0 Å². The number of hydrogen-bond acceptors (Lipinski definition) is 3. The molecule has 0 unspecified atom stereocenters. The van der Waals surface area contributed by atoms with E-state index in [1.807, 2.05) is 0 Å². The average Bonchev–Trinajstić information content (AvgIpc) is 2.28. The first-order valence-electron chi connectivity index (χ1n) is 5.79. The van der Waals surface area contributed by atoms with Crippen molar-refractivity contribution in [2.75, 3.05) is 26.2 Å². The molecule has 1 aliphatic heterocycles. The molecule has 1 rings (SSSR count). The Morgan fingerprint density at radius 3 is 2.78 bits per heavy atom. The standard InChI is InChI=1S/C12H18N2O4/c1-3-4-5-6-13-11(17)14-8-12(2,9-14)18-7-10(15)16/h1H,4-9H2,2H3,(H,13,17)(H,15,16). The van der Waals surface area contributed by atoms with E-state index in [2.05, 4.69) is 11.2 Å². The summed E-state index contributed by atoms with van der Waals surface area (Å²) >= 11 is 0. The number of urea groups is 1. The van der Waals surface area contributed by atoms with Crippen LogP contribution in [-0.2, 0) is 9.53 Å². The summed E-state index contributed by atoms with van der Waals surface area (Å²) in [6.45, 7) is 2.81. The number of carbonyl (C=O) groups excluding carboxylic acids is 1. The molecule has 6 nitrogen and oxygen atoms in total. The fraction of sp³-hybridized carbons (Fsp3) is 0.667. The van der Waals surface area contributed by atoms with Crippen molar-refractivity contribution in [3.63, 3.8) is 0 Å². The molecule has 2 amide bonds. The van der Waals surface area contributed by atoms with Crippen LogP contribution in [0.3, 0.4) is 0 Å². The van der Waals surface area contributed by atoms with Crippen molar-refractivity contribution in [3.05, 3.63) is 0 Å². The molecule has 1 aliphatic rings. The van der Waals surface area contributed by atoms with Gasteiger partial charge in [-0.25, -0.2) is 9.59 Å². The highest BCUT2D eigenvalue weighted by atomic mass is 16.5. The molecular formula is C12H18N2O4. The molecule has 0 saturated carbocycles. The van der Waals surface area contributed by atoms with E-state index in [0.29, 0.717) is 26.1 Å². The van der Waals surface area contributed by atoms with Crippen LogP contribution in [0.25, 0.3) is 0 Å². The number of aliphatic carboxylic acids is 1. The van der Waals surface area contributed by atoms with Gasteiger partial charge in [0.2, 0.25) is 0 Å². The van der Waals surface area contributed by atoms with Gasteiger partial charge in [0.1, 0.15) is 12.2 Å². The van der Waals surface area contributed by atoms with E-state index in [1.165, 1.54) is 0 Å². The van der Waals surface area contributed by atoms with Crippen LogP contribution in [0.4, 0.5) is 4.79 Å². The number of carboxylic acid groups (broad SMARTS) is 1. The van der Waals surface area contributed by atoms with E-state index in [9.17, 15) is 9.59 Å². The molecule has 0 bridgehead atoms. The molecule has 1 fully saturated rings. The maximum absolute atomic E-state index is 11.6. The lowest BCUT2D eigenvalue weighted by molar-refractivity contribution is -0.159. The molecule has 1 saturated heterocycles. The number of likely N-dealkylation sites (tertiary alicyclic amines) is 1. The SMILES string of the molecule is C#CCCCNC(=O)N1CC(C)(OCC(=O)O)C1. The average molecular weight is 254 g/mol. The van der Waals surface area contributed by atoms with E-state index < -0.39 is 11.6 Å². The number of nitrogens with zero attached hydrogens (tertiary/aromatic N) is 1. The van der Waals surface area contributed by atoms with Crippen LogP contribution in [0, 0.1) is 12.3 Å². The maximum Gasteiger partial charge on any atom is 0.329 e. The zero-order valence-electron chi connectivity index (χ0n) is 10.4. The van der Waals surface area contributed by atoms with Crippen molar-refractivity contribution in [2.24, 2.45) is 0 Å². The highest BCUT2D eigenvalue weighted by molar-refractivity contribution is 5.75. The summed E-state index contributed by atoms with van der Waals surface area (Å²) in [5, 5.41) is 11.2. The van der Waals surface area contributed by atoms with Gasteiger partial charge in [-0.3, -0.25) is 0 Å². The van der Waals surface area contributed by atoms with Gasteiger partial charge in [-0.05, 0) is 13.3 Å². The molecule has 18 heavy (non-hydrogen) atoms.